The van der Waals surface area contributed by atoms with Gasteiger partial charge in [0.2, 0.25) is 0 Å². The van der Waals surface area contributed by atoms with Crippen LogP contribution >= 0.6 is 0 Å². The minimum atomic E-state index is -0.668. The van der Waals surface area contributed by atoms with Crippen molar-refractivity contribution in [2.24, 2.45) is 0 Å². The summed E-state index contributed by atoms with van der Waals surface area (Å²) >= 11 is 0. The fraction of sp³-hybridized carbons (Fsp3) is 0.417. The Kier molecular flexibility index (Phi) is 7.52. The first-order valence-electron chi connectivity index (χ1n) is 11.4. The van der Waals surface area contributed by atoms with Crippen LogP contribution in [-0.2, 0) is 6.54 Å². The lowest BCUT2D eigenvalue weighted by Gasteiger charge is -2.24. The van der Waals surface area contributed by atoms with Gasteiger partial charge in [0.15, 0.2) is 5.69 Å². The summed E-state index contributed by atoms with van der Waals surface area (Å²) in [7, 11) is 0. The molecule has 2 heterocycles. The van der Waals surface area contributed by atoms with Crippen molar-refractivity contribution in [1.29, 1.82) is 0 Å². The predicted molar refractivity (Wildman–Crippen MR) is 130 cm³/mol. The summed E-state index contributed by atoms with van der Waals surface area (Å²) in [4.78, 5) is 42.5. The number of H-pyrrole nitrogens is 1. The molecule has 0 unspecified atom stereocenters. The third kappa shape index (κ3) is 4.92. The highest BCUT2D eigenvalue weighted by molar-refractivity contribution is 6.07. The number of nitrogen functional groups attached to an aromatic ring is 1. The number of hydrogen-bond acceptors (Lipinski definition) is 5. The first kappa shape index (κ1) is 24.0. The van der Waals surface area contributed by atoms with Gasteiger partial charge < -0.3 is 10.6 Å². The summed E-state index contributed by atoms with van der Waals surface area (Å²) in [5.41, 5.74) is 8.01. The van der Waals surface area contributed by atoms with Crippen LogP contribution in [0, 0.1) is 13.8 Å². The number of unbranched alkanes of at least 4 members (excludes halogenated alkanes) is 2. The van der Waals surface area contributed by atoms with Crippen molar-refractivity contribution in [3.8, 4) is 5.69 Å². The van der Waals surface area contributed by atoms with Gasteiger partial charge in [0.25, 0.3) is 11.5 Å². The molecule has 9 heteroatoms. The second-order valence-corrected chi connectivity index (χ2v) is 8.20. The summed E-state index contributed by atoms with van der Waals surface area (Å²) in [5, 5.41) is 4.42. The highest BCUT2D eigenvalue weighted by Crippen LogP contribution is 2.23. The van der Waals surface area contributed by atoms with E-state index in [0.29, 0.717) is 30.8 Å². The van der Waals surface area contributed by atoms with E-state index in [2.05, 4.69) is 10.1 Å². The molecule has 0 radical (unpaired) electrons. The molecule has 176 valence electrons. The van der Waals surface area contributed by atoms with E-state index in [1.165, 1.54) is 15.7 Å². The molecule has 9 nitrogen and oxygen atoms in total. The number of benzene rings is 1. The van der Waals surface area contributed by atoms with Crippen LogP contribution in [0.4, 0.5) is 11.5 Å². The molecule has 3 N–H and O–H groups in total. The van der Waals surface area contributed by atoms with E-state index in [1.807, 2.05) is 52.0 Å². The Labute approximate surface area is 192 Å². The van der Waals surface area contributed by atoms with Gasteiger partial charge in [-0.05, 0) is 44.4 Å². The summed E-state index contributed by atoms with van der Waals surface area (Å²) in [6.45, 7) is 8.47. The van der Waals surface area contributed by atoms with Gasteiger partial charge in [-0.15, -0.1) is 0 Å². The van der Waals surface area contributed by atoms with Crippen LogP contribution in [0.15, 0.2) is 40.1 Å². The average Bonchev–Trinajstić information content (AvgIpc) is 3.16. The molecule has 0 fully saturated rings. The van der Waals surface area contributed by atoms with E-state index in [0.717, 1.165) is 30.5 Å². The Balaban J connectivity index is 2.09. The Morgan fingerprint density at radius 2 is 1.88 bits per heavy atom. The van der Waals surface area contributed by atoms with Gasteiger partial charge >= 0.3 is 5.69 Å². The number of carbonyl (C=O) groups is 1. The normalized spacial score (nSPS) is 11.0. The maximum Gasteiger partial charge on any atom is 0.330 e. The predicted octanol–water partition coefficient (Wildman–Crippen LogP) is 3.17. The molecule has 0 spiro atoms. The van der Waals surface area contributed by atoms with Crippen molar-refractivity contribution in [3.05, 3.63) is 68.1 Å². The van der Waals surface area contributed by atoms with Crippen LogP contribution in [0.5, 0.6) is 0 Å². The number of nitrogens with two attached hydrogens (primary N) is 1. The number of anilines is 2. The molecular formula is C24H32N6O3. The highest BCUT2D eigenvalue weighted by Gasteiger charge is 2.27. The molecule has 33 heavy (non-hydrogen) atoms. The van der Waals surface area contributed by atoms with Crippen LogP contribution < -0.4 is 21.9 Å². The van der Waals surface area contributed by atoms with Crippen molar-refractivity contribution in [1.82, 2.24) is 19.3 Å². The lowest BCUT2D eigenvalue weighted by molar-refractivity contribution is 0.0985. The standard InChI is InChI=1S/C24H32N6O3/c1-5-7-12-28(20-21(25)29(13-8-6-2)24(33)27-22(20)31)23(32)19-15-26-30(17(19)4)18-11-9-10-16(3)14-18/h9-11,14-15H,5-8,12-13,25H2,1-4H3,(H,27,31,33). The largest absolute Gasteiger partial charge is 0.383 e. The van der Waals surface area contributed by atoms with Crippen molar-refractivity contribution in [2.45, 2.75) is 59.9 Å². The number of aromatic nitrogens is 4. The van der Waals surface area contributed by atoms with E-state index in [9.17, 15) is 14.4 Å². The van der Waals surface area contributed by atoms with Gasteiger partial charge in [-0.25, -0.2) is 9.48 Å². The first-order valence-corrected chi connectivity index (χ1v) is 11.4. The van der Waals surface area contributed by atoms with Crippen LogP contribution in [0.2, 0.25) is 0 Å². The Hall–Kier alpha value is -3.62. The second-order valence-electron chi connectivity index (χ2n) is 8.20. The molecule has 0 bridgehead atoms. The summed E-state index contributed by atoms with van der Waals surface area (Å²) in [5.74, 6) is -0.372. The fourth-order valence-electron chi connectivity index (χ4n) is 3.79. The quantitative estimate of drug-likeness (QED) is 0.517. The molecular weight excluding hydrogens is 420 g/mol. The summed E-state index contributed by atoms with van der Waals surface area (Å²) in [6, 6.07) is 7.82. The molecule has 2 aromatic heterocycles. The number of nitrogens with one attached hydrogen (secondary N) is 1. The zero-order chi connectivity index (χ0) is 24.1. The summed E-state index contributed by atoms with van der Waals surface area (Å²) in [6.07, 6.45) is 4.58. The van der Waals surface area contributed by atoms with E-state index in [4.69, 9.17) is 5.73 Å². The van der Waals surface area contributed by atoms with E-state index >= 15 is 0 Å². The van der Waals surface area contributed by atoms with Crippen molar-refractivity contribution in [2.75, 3.05) is 17.2 Å². The molecule has 0 saturated heterocycles. The molecule has 0 aliphatic heterocycles. The average molecular weight is 453 g/mol. The number of aryl methyl sites for hydroxylation is 1. The van der Waals surface area contributed by atoms with Gasteiger partial charge in [0.1, 0.15) is 5.82 Å². The van der Waals surface area contributed by atoms with E-state index in [-0.39, 0.29) is 17.4 Å². The molecule has 0 aliphatic carbocycles. The molecule has 0 atom stereocenters. The van der Waals surface area contributed by atoms with Gasteiger partial charge in [-0.3, -0.25) is 19.1 Å². The molecule has 0 aliphatic rings. The number of amides is 1. The van der Waals surface area contributed by atoms with Gasteiger partial charge in [0.05, 0.1) is 23.1 Å². The molecule has 0 saturated carbocycles. The monoisotopic (exact) mass is 452 g/mol. The molecule has 1 aromatic carbocycles. The first-order chi connectivity index (χ1) is 15.8. The number of carbonyl (C=O) groups excluding carboxylic acids is 1. The topological polar surface area (TPSA) is 119 Å². The fourth-order valence-corrected chi connectivity index (χ4v) is 3.79. The van der Waals surface area contributed by atoms with Crippen LogP contribution in [0.1, 0.15) is 61.1 Å². The Morgan fingerprint density at radius 3 is 2.55 bits per heavy atom. The molecule has 3 rings (SSSR count). The molecule has 3 aromatic rings. The SMILES string of the molecule is CCCCN(C(=O)c1cnn(-c2cccc(C)c2)c1C)c1c(N)n(CCCC)c(=O)[nH]c1=O. The maximum atomic E-state index is 13.7. The van der Waals surface area contributed by atoms with Crippen molar-refractivity contribution < 1.29 is 4.79 Å². The maximum absolute atomic E-state index is 13.7. The minimum Gasteiger partial charge on any atom is -0.383 e. The van der Waals surface area contributed by atoms with Gasteiger partial charge in [-0.2, -0.15) is 5.10 Å². The lowest BCUT2D eigenvalue weighted by Crippen LogP contribution is -2.41. The van der Waals surface area contributed by atoms with Crippen LogP contribution in [0.3, 0.4) is 0 Å². The number of hydrogen-bond donors (Lipinski definition) is 2. The number of rotatable bonds is 9. The van der Waals surface area contributed by atoms with E-state index in [1.54, 1.807) is 4.68 Å². The zero-order valence-corrected chi connectivity index (χ0v) is 19.7. The smallest absolute Gasteiger partial charge is 0.330 e. The second kappa shape index (κ2) is 10.3. The zero-order valence-electron chi connectivity index (χ0n) is 19.7. The van der Waals surface area contributed by atoms with E-state index < -0.39 is 11.2 Å². The van der Waals surface area contributed by atoms with Gasteiger partial charge in [-0.1, -0.05) is 38.8 Å². The summed E-state index contributed by atoms with van der Waals surface area (Å²) < 4.78 is 3.03. The number of aromatic amines is 1. The van der Waals surface area contributed by atoms with Gasteiger partial charge in [0, 0.05) is 13.1 Å². The van der Waals surface area contributed by atoms with Crippen LogP contribution in [-0.4, -0.2) is 31.8 Å². The highest BCUT2D eigenvalue weighted by atomic mass is 16.2. The Morgan fingerprint density at radius 1 is 1.15 bits per heavy atom. The minimum absolute atomic E-state index is 0.00498. The van der Waals surface area contributed by atoms with Crippen LogP contribution in [0.25, 0.3) is 5.69 Å². The third-order valence-corrected chi connectivity index (χ3v) is 5.69. The Bertz CT molecular complexity index is 1250. The number of nitrogens with zero attached hydrogens (tertiary/aromatic N) is 4. The van der Waals surface area contributed by atoms with Crippen molar-refractivity contribution in [3.63, 3.8) is 0 Å². The lowest BCUT2D eigenvalue weighted by atomic mass is 10.2. The van der Waals surface area contributed by atoms with Crippen molar-refractivity contribution >= 4 is 17.4 Å². The molecule has 1 amide bonds. The third-order valence-electron chi connectivity index (χ3n) is 5.69.